The van der Waals surface area contributed by atoms with Crippen LogP contribution >= 0.6 is 0 Å². The summed E-state index contributed by atoms with van der Waals surface area (Å²) in [5, 5.41) is 3.27. The molecule has 0 aliphatic carbocycles. The average Bonchev–Trinajstić information content (AvgIpc) is 2.46. The zero-order chi connectivity index (χ0) is 13.8. The third kappa shape index (κ3) is 3.35. The van der Waals surface area contributed by atoms with Gasteiger partial charge in [-0.2, -0.15) is 0 Å². The summed E-state index contributed by atoms with van der Waals surface area (Å²) in [4.78, 5) is 14.4. The summed E-state index contributed by atoms with van der Waals surface area (Å²) in [5.74, 6) is 0.670. The first-order valence-corrected chi connectivity index (χ1v) is 7.18. The molecule has 3 heteroatoms. The smallest absolute Gasteiger partial charge is 0.253 e. The van der Waals surface area contributed by atoms with Crippen LogP contribution in [0.3, 0.4) is 0 Å². The molecule has 1 aromatic rings. The lowest BCUT2D eigenvalue weighted by Gasteiger charge is -2.32. The molecule has 1 N–H and O–H groups in total. The second kappa shape index (κ2) is 6.20. The number of rotatable bonds is 3. The maximum Gasteiger partial charge on any atom is 0.253 e. The number of hydrogen-bond acceptors (Lipinski definition) is 2. The number of piperidine rings is 1. The van der Waals surface area contributed by atoms with E-state index >= 15 is 0 Å². The summed E-state index contributed by atoms with van der Waals surface area (Å²) in [5.41, 5.74) is 2.09. The second-order valence-electron chi connectivity index (χ2n) is 5.66. The number of benzene rings is 1. The third-order valence-corrected chi connectivity index (χ3v) is 3.94. The first-order valence-electron chi connectivity index (χ1n) is 7.18. The van der Waals surface area contributed by atoms with Crippen molar-refractivity contribution in [1.29, 1.82) is 0 Å². The number of hydrogen-bond donors (Lipinski definition) is 1. The Bertz CT molecular complexity index is 425. The van der Waals surface area contributed by atoms with Gasteiger partial charge in [-0.05, 0) is 43.5 Å². The summed E-state index contributed by atoms with van der Waals surface area (Å²) in [6.07, 6.45) is 2.24. The Kier molecular flexibility index (Phi) is 4.59. The summed E-state index contributed by atoms with van der Waals surface area (Å²) in [6, 6.07) is 8.49. The fourth-order valence-electron chi connectivity index (χ4n) is 2.59. The molecule has 1 heterocycles. The molecule has 2 rings (SSSR count). The van der Waals surface area contributed by atoms with Gasteiger partial charge in [0.05, 0.1) is 0 Å². The Labute approximate surface area is 116 Å². The molecule has 0 saturated carbocycles. The molecule has 1 saturated heterocycles. The zero-order valence-electron chi connectivity index (χ0n) is 12.1. The molecule has 1 aliphatic rings. The molecule has 1 aromatic carbocycles. The first kappa shape index (κ1) is 14.1. The predicted molar refractivity (Wildman–Crippen MR) is 78.5 cm³/mol. The van der Waals surface area contributed by atoms with Crippen LogP contribution in [0.25, 0.3) is 0 Å². The van der Waals surface area contributed by atoms with E-state index in [0.717, 1.165) is 31.5 Å². The van der Waals surface area contributed by atoms with Crippen LogP contribution in [-0.2, 0) is 0 Å². The Hall–Kier alpha value is -1.35. The molecule has 19 heavy (non-hydrogen) atoms. The van der Waals surface area contributed by atoms with Crippen molar-refractivity contribution in [3.8, 4) is 0 Å². The van der Waals surface area contributed by atoms with Crippen LogP contribution in [0, 0.1) is 0 Å². The molecule has 1 amide bonds. The minimum Gasteiger partial charge on any atom is -0.337 e. The number of carbonyl (C=O) groups excluding carboxylic acids is 1. The summed E-state index contributed by atoms with van der Waals surface area (Å²) in [6.45, 7) is 6.03. The van der Waals surface area contributed by atoms with Crippen LogP contribution in [0.15, 0.2) is 24.3 Å². The number of nitrogens with zero attached hydrogens (tertiary/aromatic N) is 1. The standard InChI is InChI=1S/C16H24N2O/c1-12(2)13-6-8-14(9-7-13)16(19)18-10-4-5-15(11-18)17-3/h6-9,12,15,17H,4-5,10-11H2,1-3H3. The Morgan fingerprint density at radius 1 is 1.32 bits per heavy atom. The third-order valence-electron chi connectivity index (χ3n) is 3.94. The maximum atomic E-state index is 12.4. The van der Waals surface area contributed by atoms with E-state index in [2.05, 4.69) is 31.3 Å². The SMILES string of the molecule is CNC1CCCN(C(=O)c2ccc(C(C)C)cc2)C1. The summed E-state index contributed by atoms with van der Waals surface area (Å²) in [7, 11) is 1.97. The Morgan fingerprint density at radius 3 is 2.58 bits per heavy atom. The van der Waals surface area contributed by atoms with Crippen molar-refractivity contribution >= 4 is 5.91 Å². The molecule has 0 radical (unpaired) electrons. The van der Waals surface area contributed by atoms with Gasteiger partial charge in [0.1, 0.15) is 0 Å². The van der Waals surface area contributed by atoms with Crippen molar-refractivity contribution < 1.29 is 4.79 Å². The first-order chi connectivity index (χ1) is 9.11. The van der Waals surface area contributed by atoms with Gasteiger partial charge in [0.2, 0.25) is 0 Å². The van der Waals surface area contributed by atoms with Gasteiger partial charge in [-0.25, -0.2) is 0 Å². The lowest BCUT2D eigenvalue weighted by molar-refractivity contribution is 0.0698. The lowest BCUT2D eigenvalue weighted by Crippen LogP contribution is -2.46. The van der Waals surface area contributed by atoms with Crippen molar-refractivity contribution in [3.05, 3.63) is 35.4 Å². The number of amides is 1. The minimum absolute atomic E-state index is 0.162. The van der Waals surface area contributed by atoms with Gasteiger partial charge in [-0.3, -0.25) is 4.79 Å². The molecular weight excluding hydrogens is 236 g/mol. The maximum absolute atomic E-state index is 12.4. The van der Waals surface area contributed by atoms with Crippen LogP contribution in [-0.4, -0.2) is 37.0 Å². The fourth-order valence-corrected chi connectivity index (χ4v) is 2.59. The van der Waals surface area contributed by atoms with Gasteiger partial charge in [0.15, 0.2) is 0 Å². The van der Waals surface area contributed by atoms with Gasteiger partial charge in [0.25, 0.3) is 5.91 Å². The predicted octanol–water partition coefficient (Wildman–Crippen LogP) is 2.63. The highest BCUT2D eigenvalue weighted by Crippen LogP contribution is 2.17. The normalized spacial score (nSPS) is 19.8. The zero-order valence-corrected chi connectivity index (χ0v) is 12.1. The molecule has 1 aliphatic heterocycles. The molecule has 3 nitrogen and oxygen atoms in total. The van der Waals surface area contributed by atoms with Crippen LogP contribution in [0.1, 0.15) is 48.5 Å². The van der Waals surface area contributed by atoms with Gasteiger partial charge < -0.3 is 10.2 Å². The molecule has 0 spiro atoms. The topological polar surface area (TPSA) is 32.3 Å². The number of nitrogens with one attached hydrogen (secondary N) is 1. The number of carbonyl (C=O) groups is 1. The Balaban J connectivity index is 2.06. The van der Waals surface area contributed by atoms with Crippen LogP contribution in [0.5, 0.6) is 0 Å². The molecule has 1 atom stereocenters. The van der Waals surface area contributed by atoms with Crippen molar-refractivity contribution in [1.82, 2.24) is 10.2 Å². The number of likely N-dealkylation sites (tertiary alicyclic amines) is 1. The van der Waals surface area contributed by atoms with E-state index in [1.165, 1.54) is 5.56 Å². The monoisotopic (exact) mass is 260 g/mol. The number of likely N-dealkylation sites (N-methyl/N-ethyl adjacent to an activating group) is 1. The van der Waals surface area contributed by atoms with Gasteiger partial charge >= 0.3 is 0 Å². The molecular formula is C16H24N2O. The van der Waals surface area contributed by atoms with E-state index < -0.39 is 0 Å². The van der Waals surface area contributed by atoms with Crippen molar-refractivity contribution in [2.75, 3.05) is 20.1 Å². The van der Waals surface area contributed by atoms with Gasteiger partial charge in [-0.15, -0.1) is 0 Å². The molecule has 104 valence electrons. The van der Waals surface area contributed by atoms with Crippen molar-refractivity contribution in [2.45, 2.75) is 38.6 Å². The Morgan fingerprint density at radius 2 is 2.00 bits per heavy atom. The van der Waals surface area contributed by atoms with Gasteiger partial charge in [-0.1, -0.05) is 26.0 Å². The van der Waals surface area contributed by atoms with Crippen molar-refractivity contribution in [3.63, 3.8) is 0 Å². The molecule has 0 aromatic heterocycles. The molecule has 1 unspecified atom stereocenters. The summed E-state index contributed by atoms with van der Waals surface area (Å²) >= 11 is 0. The average molecular weight is 260 g/mol. The van der Waals surface area contributed by atoms with E-state index in [1.54, 1.807) is 0 Å². The lowest BCUT2D eigenvalue weighted by atomic mass is 10.0. The van der Waals surface area contributed by atoms with E-state index in [9.17, 15) is 4.79 Å². The quantitative estimate of drug-likeness (QED) is 0.906. The van der Waals surface area contributed by atoms with Crippen LogP contribution in [0.4, 0.5) is 0 Å². The van der Waals surface area contributed by atoms with Gasteiger partial charge in [0, 0.05) is 24.7 Å². The van der Waals surface area contributed by atoms with Crippen molar-refractivity contribution in [2.24, 2.45) is 0 Å². The van der Waals surface area contributed by atoms with Crippen LogP contribution < -0.4 is 5.32 Å². The highest BCUT2D eigenvalue weighted by molar-refractivity contribution is 5.94. The van der Waals surface area contributed by atoms with E-state index in [-0.39, 0.29) is 5.91 Å². The fraction of sp³-hybridized carbons (Fsp3) is 0.562. The minimum atomic E-state index is 0.162. The van der Waals surface area contributed by atoms with Crippen LogP contribution in [0.2, 0.25) is 0 Å². The van der Waals surface area contributed by atoms with E-state index in [1.807, 2.05) is 24.1 Å². The highest BCUT2D eigenvalue weighted by Gasteiger charge is 2.23. The summed E-state index contributed by atoms with van der Waals surface area (Å²) < 4.78 is 0. The molecule has 0 bridgehead atoms. The molecule has 1 fully saturated rings. The largest absolute Gasteiger partial charge is 0.337 e. The van der Waals surface area contributed by atoms with E-state index in [0.29, 0.717) is 12.0 Å². The van der Waals surface area contributed by atoms with E-state index in [4.69, 9.17) is 0 Å². The highest BCUT2D eigenvalue weighted by atomic mass is 16.2. The second-order valence-corrected chi connectivity index (χ2v) is 5.66.